The maximum Gasteiger partial charge on any atom is 0.243 e. The number of pyridine rings is 1. The van der Waals surface area contributed by atoms with Gasteiger partial charge in [-0.05, 0) is 26.3 Å². The highest BCUT2D eigenvalue weighted by atomic mass is 32.2. The topological polar surface area (TPSA) is 82.5 Å². The monoisotopic (exact) mass is 287 g/mol. The second-order valence-electron chi connectivity index (χ2n) is 4.37. The maximum atomic E-state index is 12.3. The van der Waals surface area contributed by atoms with Crippen LogP contribution in [-0.2, 0) is 10.0 Å². The third-order valence-electron chi connectivity index (χ3n) is 2.66. The minimum absolute atomic E-state index is 0.201. The van der Waals surface area contributed by atoms with Crippen LogP contribution in [0.3, 0.4) is 0 Å². The first-order valence-corrected chi connectivity index (χ1v) is 7.66. The number of aromatic nitrogens is 1. The lowest BCUT2D eigenvalue weighted by atomic mass is 10.3. The molecule has 1 rings (SSSR count). The summed E-state index contributed by atoms with van der Waals surface area (Å²) in [5.74, 6) is 0.535. The van der Waals surface area contributed by atoms with E-state index in [0.29, 0.717) is 18.8 Å². The first-order chi connectivity index (χ1) is 8.87. The van der Waals surface area contributed by atoms with Crippen molar-refractivity contribution in [2.45, 2.75) is 31.3 Å². The van der Waals surface area contributed by atoms with Crippen molar-refractivity contribution in [1.29, 1.82) is 0 Å². The lowest BCUT2D eigenvalue weighted by Gasteiger charge is -2.18. The van der Waals surface area contributed by atoms with Crippen LogP contribution in [0.4, 0.5) is 5.82 Å². The van der Waals surface area contributed by atoms with Crippen LogP contribution in [0.15, 0.2) is 23.2 Å². The van der Waals surface area contributed by atoms with E-state index in [4.69, 9.17) is 0 Å². The number of hydrogen-bond donors (Lipinski definition) is 2. The number of hydrogen-bond acceptors (Lipinski definition) is 5. The fourth-order valence-electron chi connectivity index (χ4n) is 1.52. The normalized spacial score (nSPS) is 13.5. The van der Waals surface area contributed by atoms with Gasteiger partial charge < -0.3 is 10.4 Å². The molecule has 0 amide bonds. The second kappa shape index (κ2) is 6.83. The van der Waals surface area contributed by atoms with Gasteiger partial charge in [0.2, 0.25) is 10.0 Å². The average Bonchev–Trinajstić information content (AvgIpc) is 2.36. The van der Waals surface area contributed by atoms with Crippen LogP contribution < -0.4 is 5.32 Å². The zero-order chi connectivity index (χ0) is 14.5. The lowest BCUT2D eigenvalue weighted by molar-refractivity contribution is 0.177. The molecule has 0 aliphatic heterocycles. The molecule has 0 fully saturated rings. The summed E-state index contributed by atoms with van der Waals surface area (Å²) in [5.41, 5.74) is 0. The Labute approximate surface area is 114 Å². The molecule has 108 valence electrons. The summed E-state index contributed by atoms with van der Waals surface area (Å²) in [6.07, 6.45) is 1.35. The van der Waals surface area contributed by atoms with Crippen molar-refractivity contribution in [3.8, 4) is 0 Å². The van der Waals surface area contributed by atoms with E-state index in [0.717, 1.165) is 0 Å². The van der Waals surface area contributed by atoms with E-state index in [1.807, 2.05) is 6.92 Å². The molecule has 2 N–H and O–H groups in total. The molecule has 0 saturated heterocycles. The predicted molar refractivity (Wildman–Crippen MR) is 74.5 cm³/mol. The highest BCUT2D eigenvalue weighted by Crippen LogP contribution is 2.17. The molecule has 1 aromatic heterocycles. The number of anilines is 1. The Bertz CT molecular complexity index is 503. The zero-order valence-electron chi connectivity index (χ0n) is 11.5. The molecule has 0 saturated carbocycles. The van der Waals surface area contributed by atoms with Crippen LogP contribution in [0.25, 0.3) is 0 Å². The van der Waals surface area contributed by atoms with Gasteiger partial charge in [-0.15, -0.1) is 0 Å². The second-order valence-corrected chi connectivity index (χ2v) is 6.42. The van der Waals surface area contributed by atoms with Crippen molar-refractivity contribution < 1.29 is 13.5 Å². The molecule has 0 aromatic carbocycles. The molecule has 7 heteroatoms. The number of aliphatic hydroxyl groups excluding tert-OH is 1. The average molecular weight is 287 g/mol. The Morgan fingerprint density at radius 3 is 2.79 bits per heavy atom. The van der Waals surface area contributed by atoms with Gasteiger partial charge in [-0.2, -0.15) is 0 Å². The van der Waals surface area contributed by atoms with E-state index in [1.165, 1.54) is 29.7 Å². The fraction of sp³-hybridized carbons (Fsp3) is 0.583. The molecule has 0 aliphatic carbocycles. The Balaban J connectivity index is 2.89. The fourth-order valence-corrected chi connectivity index (χ4v) is 2.72. The van der Waals surface area contributed by atoms with E-state index in [1.54, 1.807) is 6.92 Å². The summed E-state index contributed by atoms with van der Waals surface area (Å²) >= 11 is 0. The van der Waals surface area contributed by atoms with Crippen LogP contribution in [0.5, 0.6) is 0 Å². The van der Waals surface area contributed by atoms with Crippen molar-refractivity contribution in [2.75, 3.05) is 25.5 Å². The number of nitrogens with one attached hydrogen (secondary N) is 1. The minimum Gasteiger partial charge on any atom is -0.393 e. The van der Waals surface area contributed by atoms with E-state index < -0.39 is 16.1 Å². The van der Waals surface area contributed by atoms with Crippen LogP contribution in [0.1, 0.15) is 20.3 Å². The Kier molecular flexibility index (Phi) is 5.71. The summed E-state index contributed by atoms with van der Waals surface area (Å²) in [7, 11) is -2.03. The van der Waals surface area contributed by atoms with Gasteiger partial charge in [0.1, 0.15) is 5.82 Å². The van der Waals surface area contributed by atoms with Gasteiger partial charge in [0.15, 0.2) is 0 Å². The summed E-state index contributed by atoms with van der Waals surface area (Å²) in [6.45, 7) is 4.50. The molecule has 1 heterocycles. The quantitative estimate of drug-likeness (QED) is 0.779. The summed E-state index contributed by atoms with van der Waals surface area (Å²) in [6, 6.07) is 2.98. The van der Waals surface area contributed by atoms with Crippen LogP contribution in [0, 0.1) is 0 Å². The van der Waals surface area contributed by atoms with Gasteiger partial charge in [0.25, 0.3) is 0 Å². The Morgan fingerprint density at radius 2 is 2.21 bits per heavy atom. The first-order valence-electron chi connectivity index (χ1n) is 6.22. The largest absolute Gasteiger partial charge is 0.393 e. The molecule has 1 unspecified atom stereocenters. The highest BCUT2D eigenvalue weighted by molar-refractivity contribution is 7.89. The van der Waals surface area contributed by atoms with E-state index in [2.05, 4.69) is 10.3 Å². The lowest BCUT2D eigenvalue weighted by Crippen LogP contribution is -2.29. The first kappa shape index (κ1) is 15.9. The molecule has 0 spiro atoms. The SMILES string of the molecule is CCNc1cc(S(=O)(=O)N(C)CCC(C)O)ccn1. The van der Waals surface area contributed by atoms with Crippen LogP contribution in [-0.4, -0.2) is 49.1 Å². The number of sulfonamides is 1. The zero-order valence-corrected chi connectivity index (χ0v) is 12.3. The minimum atomic E-state index is -3.53. The van der Waals surface area contributed by atoms with Gasteiger partial charge in [0.05, 0.1) is 11.0 Å². The van der Waals surface area contributed by atoms with Crippen molar-refractivity contribution >= 4 is 15.8 Å². The van der Waals surface area contributed by atoms with Crippen molar-refractivity contribution in [3.63, 3.8) is 0 Å². The highest BCUT2D eigenvalue weighted by Gasteiger charge is 2.21. The number of aliphatic hydroxyl groups is 1. The predicted octanol–water partition coefficient (Wildman–Crippen LogP) is 0.905. The van der Waals surface area contributed by atoms with Crippen molar-refractivity contribution in [3.05, 3.63) is 18.3 Å². The third-order valence-corrected chi connectivity index (χ3v) is 4.51. The van der Waals surface area contributed by atoms with Gasteiger partial charge in [0, 0.05) is 32.4 Å². The molecule has 1 atom stereocenters. The van der Waals surface area contributed by atoms with Gasteiger partial charge in [-0.25, -0.2) is 17.7 Å². The van der Waals surface area contributed by atoms with Crippen molar-refractivity contribution in [2.24, 2.45) is 0 Å². The molecule has 6 nitrogen and oxygen atoms in total. The molecule has 19 heavy (non-hydrogen) atoms. The smallest absolute Gasteiger partial charge is 0.243 e. The van der Waals surface area contributed by atoms with E-state index in [9.17, 15) is 13.5 Å². The molecule has 0 aliphatic rings. The maximum absolute atomic E-state index is 12.3. The molecular weight excluding hydrogens is 266 g/mol. The van der Waals surface area contributed by atoms with Gasteiger partial charge in [-0.1, -0.05) is 0 Å². The Morgan fingerprint density at radius 1 is 1.53 bits per heavy atom. The van der Waals surface area contributed by atoms with E-state index in [-0.39, 0.29) is 11.4 Å². The van der Waals surface area contributed by atoms with Crippen molar-refractivity contribution in [1.82, 2.24) is 9.29 Å². The number of nitrogens with zero attached hydrogens (tertiary/aromatic N) is 2. The summed E-state index contributed by atoms with van der Waals surface area (Å²) in [5, 5.41) is 12.2. The molecule has 1 aromatic rings. The molecular formula is C12H21N3O3S. The summed E-state index contributed by atoms with van der Waals surface area (Å²) < 4.78 is 25.8. The summed E-state index contributed by atoms with van der Waals surface area (Å²) in [4.78, 5) is 4.24. The molecule has 0 bridgehead atoms. The van der Waals surface area contributed by atoms with Gasteiger partial charge in [-0.3, -0.25) is 0 Å². The van der Waals surface area contributed by atoms with Crippen LogP contribution >= 0.6 is 0 Å². The van der Waals surface area contributed by atoms with Crippen LogP contribution in [0.2, 0.25) is 0 Å². The number of rotatable bonds is 7. The molecule has 0 radical (unpaired) electrons. The Hall–Kier alpha value is -1.18. The van der Waals surface area contributed by atoms with Gasteiger partial charge >= 0.3 is 0 Å². The third kappa shape index (κ3) is 4.45. The standard InChI is InChI=1S/C12H21N3O3S/c1-4-13-12-9-11(5-7-14-12)19(17,18)15(3)8-6-10(2)16/h5,7,9-10,16H,4,6,8H2,1-3H3,(H,13,14). The van der Waals surface area contributed by atoms with E-state index >= 15 is 0 Å².